The van der Waals surface area contributed by atoms with Crippen LogP contribution in [0.15, 0.2) is 29.4 Å². The molecule has 0 aliphatic carbocycles. The van der Waals surface area contributed by atoms with Crippen LogP contribution in [0.1, 0.15) is 99.1 Å². The van der Waals surface area contributed by atoms with E-state index in [-0.39, 0.29) is 99.1 Å². The van der Waals surface area contributed by atoms with E-state index < -0.39 is 57.8 Å². The topological polar surface area (TPSA) is 111 Å². The molecular weight excluding hydrogens is 822 g/mol. The summed E-state index contributed by atoms with van der Waals surface area (Å²) in [4.78, 5) is 26.2. The summed E-state index contributed by atoms with van der Waals surface area (Å²) in [6.45, 7) is 18.4. The van der Waals surface area contributed by atoms with Gasteiger partial charge in [-0.25, -0.2) is 36.4 Å². The van der Waals surface area contributed by atoms with E-state index >= 15 is 13.2 Å². The van der Waals surface area contributed by atoms with Crippen LogP contribution < -0.4 is 9.64 Å². The highest BCUT2D eigenvalue weighted by atomic mass is 32.2. The van der Waals surface area contributed by atoms with Gasteiger partial charge in [0.05, 0.1) is 34.6 Å². The number of aryl methyl sites for hydroxylation is 1. The second kappa shape index (κ2) is 16.4. The van der Waals surface area contributed by atoms with Crippen molar-refractivity contribution in [2.45, 2.75) is 140 Å². The van der Waals surface area contributed by atoms with E-state index in [1.807, 2.05) is 25.7 Å². The minimum absolute atomic E-state index is 0.00700. The Morgan fingerprint density at radius 1 is 0.951 bits per heavy atom. The number of halogens is 3. The highest BCUT2D eigenvalue weighted by Gasteiger charge is 2.51. The number of carbonyl (C=O) groups is 1. The van der Waals surface area contributed by atoms with Crippen LogP contribution in [0.2, 0.25) is 16.6 Å². The average Bonchev–Trinajstić information content (AvgIpc) is 3.49. The molecule has 1 aromatic heterocycles. The maximum Gasteiger partial charge on any atom is 0.410 e. The van der Waals surface area contributed by atoms with Gasteiger partial charge >= 0.3 is 6.09 Å². The van der Waals surface area contributed by atoms with Gasteiger partial charge in [-0.15, -0.1) is 5.54 Å². The van der Waals surface area contributed by atoms with Gasteiger partial charge in [0.2, 0.25) is 15.0 Å². The second-order valence-electron chi connectivity index (χ2n) is 18.8. The molecule has 0 radical (unpaired) electrons. The third-order valence-corrected chi connectivity index (χ3v) is 20.1. The first-order valence-electron chi connectivity index (χ1n) is 21.2. The van der Waals surface area contributed by atoms with Crippen LogP contribution in [0.5, 0.6) is 5.75 Å². The molecule has 328 valence electrons. The van der Waals surface area contributed by atoms with Crippen molar-refractivity contribution in [3.05, 3.63) is 52.8 Å². The molecule has 10 nitrogen and oxygen atoms in total. The Bertz CT molecular complexity index is 2560. The van der Waals surface area contributed by atoms with Crippen LogP contribution in [0.3, 0.4) is 0 Å². The summed E-state index contributed by atoms with van der Waals surface area (Å²) in [5, 5.41) is 0.0859. The monoisotopic (exact) mass is 878 g/mol. The van der Waals surface area contributed by atoms with Gasteiger partial charge < -0.3 is 19.1 Å². The quantitative estimate of drug-likeness (QED) is 0.0739. The zero-order valence-electron chi connectivity index (χ0n) is 37.0. The van der Waals surface area contributed by atoms with Crippen LogP contribution in [-0.2, 0) is 25.7 Å². The Morgan fingerprint density at radius 3 is 2.26 bits per heavy atom. The van der Waals surface area contributed by atoms with E-state index in [1.54, 1.807) is 11.0 Å². The molecule has 1 amide bonds. The van der Waals surface area contributed by atoms with Crippen molar-refractivity contribution in [3.63, 3.8) is 0 Å². The lowest BCUT2D eigenvalue weighted by Gasteiger charge is -2.48. The summed E-state index contributed by atoms with van der Waals surface area (Å²) < 4.78 is 95.6. The molecule has 7 rings (SSSR count). The molecule has 3 atom stereocenters. The maximum absolute atomic E-state index is 17.9. The predicted molar refractivity (Wildman–Crippen MR) is 235 cm³/mol. The molecule has 3 aromatic carbocycles. The van der Waals surface area contributed by atoms with Gasteiger partial charge in [-0.3, -0.25) is 4.90 Å². The van der Waals surface area contributed by atoms with Crippen molar-refractivity contribution in [1.82, 2.24) is 14.9 Å². The van der Waals surface area contributed by atoms with Gasteiger partial charge in [-0.2, -0.15) is 0 Å². The normalized spacial score (nSPS) is 19.3. The summed E-state index contributed by atoms with van der Waals surface area (Å²) in [6, 6.07) is 5.00. The minimum Gasteiger partial charge on any atom is -0.468 e. The Labute approximate surface area is 358 Å². The first-order chi connectivity index (χ1) is 28.6. The molecule has 3 aliphatic rings. The van der Waals surface area contributed by atoms with E-state index in [2.05, 4.69) is 63.0 Å². The lowest BCUT2D eigenvalue weighted by molar-refractivity contribution is 0.00700. The third-order valence-electron chi connectivity index (χ3n) is 12.9. The number of aromatic nitrogens is 2. The molecule has 3 aliphatic heterocycles. The number of piperazine rings is 1. The SMILES string of the molecule is COCOc1cc(-c2c(F)c3c4c(nc(S(C)(=O)=O)nc4c2F)N2C[C@H]4CC[C@@H]([C@H]2CCC3)N4C(=O)OC(C)(C)C)c2c(C#C[Si](C(C)C)(C(C)C)C(C)C)c(F)ccc2c1. The van der Waals surface area contributed by atoms with E-state index in [4.69, 9.17) is 14.2 Å². The number of nitrogens with zero attached hydrogens (tertiary/aromatic N) is 4. The number of sulfone groups is 1. The fourth-order valence-corrected chi connectivity index (χ4v) is 16.2. The molecular formula is C46H57F3N4O6SSi. The van der Waals surface area contributed by atoms with E-state index in [0.717, 1.165) is 6.26 Å². The number of carbonyl (C=O) groups excluding carboxylic acids is 1. The Hall–Kier alpha value is -4.39. The standard InChI is InChI=1S/C46H57F3N4O6SSi/c1-25(2)61(26(3)4,27(5)6)20-19-31-34(47)17-15-28-21-30(58-24-57-10)22-33(37(28)31)38-40(48)32-13-12-14-35-36-18-16-29(53(36)45(54)59-46(7,8)9)23-52(35)43-39(32)42(41(38)49)50-44(51-43)60(11,55)56/h15,17,21-22,25-27,29,35-36H,12-14,16,18,23-24H2,1-11H3/t29-,35-,36+/m1/s1. The first-order valence-corrected chi connectivity index (χ1v) is 25.3. The summed E-state index contributed by atoms with van der Waals surface area (Å²) in [5.41, 5.74) is 2.81. The molecule has 0 spiro atoms. The Kier molecular flexibility index (Phi) is 12.0. The van der Waals surface area contributed by atoms with Crippen molar-refractivity contribution < 1.29 is 40.6 Å². The molecule has 4 aromatic rings. The van der Waals surface area contributed by atoms with E-state index in [9.17, 15) is 13.2 Å². The first kappa shape index (κ1) is 44.7. The fraction of sp³-hybridized carbons (Fsp3) is 0.543. The molecule has 61 heavy (non-hydrogen) atoms. The van der Waals surface area contributed by atoms with Gasteiger partial charge in [0.15, 0.2) is 12.6 Å². The van der Waals surface area contributed by atoms with E-state index in [1.165, 1.54) is 25.3 Å². The van der Waals surface area contributed by atoms with Crippen molar-refractivity contribution >= 4 is 51.5 Å². The van der Waals surface area contributed by atoms with Crippen LogP contribution in [0.4, 0.5) is 23.8 Å². The highest BCUT2D eigenvalue weighted by Crippen LogP contribution is 2.48. The molecule has 4 heterocycles. The van der Waals surface area contributed by atoms with Gasteiger partial charge in [-0.05, 0) is 93.1 Å². The van der Waals surface area contributed by atoms with E-state index in [0.29, 0.717) is 31.1 Å². The van der Waals surface area contributed by atoms with Crippen molar-refractivity contribution in [1.29, 1.82) is 0 Å². The summed E-state index contributed by atoms with van der Waals surface area (Å²) in [7, 11) is -5.10. The lowest BCUT2D eigenvalue weighted by atomic mass is 9.87. The van der Waals surface area contributed by atoms with Gasteiger partial charge in [0, 0.05) is 36.4 Å². The molecule has 15 heteroatoms. The number of hydrogen-bond acceptors (Lipinski definition) is 9. The number of rotatable bonds is 8. The minimum atomic E-state index is -4.13. The van der Waals surface area contributed by atoms with Gasteiger partial charge in [-0.1, -0.05) is 53.5 Å². The van der Waals surface area contributed by atoms with Crippen molar-refractivity contribution in [2.24, 2.45) is 0 Å². The number of ether oxygens (including phenoxy) is 3. The maximum atomic E-state index is 17.9. The molecule has 2 fully saturated rings. The molecule has 2 bridgehead atoms. The Balaban J connectivity index is 1.52. The molecule has 0 unspecified atom stereocenters. The zero-order valence-corrected chi connectivity index (χ0v) is 38.8. The molecule has 0 saturated carbocycles. The highest BCUT2D eigenvalue weighted by molar-refractivity contribution is 7.90. The lowest BCUT2D eigenvalue weighted by Crippen LogP contribution is -2.62. The largest absolute Gasteiger partial charge is 0.468 e. The fourth-order valence-electron chi connectivity index (χ4n) is 10.5. The number of anilines is 1. The average molecular weight is 879 g/mol. The number of fused-ring (bicyclic) bond motifs is 6. The summed E-state index contributed by atoms with van der Waals surface area (Å²) in [6.07, 6.45) is 2.95. The predicted octanol–water partition coefficient (Wildman–Crippen LogP) is 10.1. The van der Waals surface area contributed by atoms with Gasteiger partial charge in [0.25, 0.3) is 0 Å². The molecule has 0 N–H and O–H groups in total. The van der Waals surface area contributed by atoms with Crippen LogP contribution in [0, 0.1) is 28.9 Å². The third kappa shape index (κ3) is 7.86. The number of hydrogen-bond donors (Lipinski definition) is 0. The zero-order chi connectivity index (χ0) is 44.5. The summed E-state index contributed by atoms with van der Waals surface area (Å²) in [5.74, 6) is 0.898. The van der Waals surface area contributed by atoms with Crippen LogP contribution >= 0.6 is 0 Å². The summed E-state index contributed by atoms with van der Waals surface area (Å²) >= 11 is 0. The number of amides is 1. The number of methoxy groups -OCH3 is 1. The van der Waals surface area contributed by atoms with Crippen molar-refractivity contribution in [2.75, 3.05) is 31.6 Å². The molecule has 2 saturated heterocycles. The van der Waals surface area contributed by atoms with Crippen molar-refractivity contribution in [3.8, 4) is 28.3 Å². The number of benzene rings is 3. The smallest absolute Gasteiger partial charge is 0.410 e. The van der Waals surface area contributed by atoms with Gasteiger partial charge in [0.1, 0.15) is 42.4 Å². The van der Waals surface area contributed by atoms with Crippen LogP contribution in [0.25, 0.3) is 32.8 Å². The van der Waals surface area contributed by atoms with Crippen LogP contribution in [-0.4, -0.2) is 87.9 Å². The Morgan fingerprint density at radius 2 is 1.64 bits per heavy atom. The second-order valence-corrected chi connectivity index (χ2v) is 26.3.